The highest BCUT2D eigenvalue weighted by Crippen LogP contribution is 2.37. The summed E-state index contributed by atoms with van der Waals surface area (Å²) in [5.74, 6) is 0.104. The number of rotatable bonds is 5. The first-order valence-electron chi connectivity index (χ1n) is 9.38. The molecule has 148 valence electrons. The number of carbonyl (C=O) groups is 1. The van der Waals surface area contributed by atoms with Crippen LogP contribution in [0.15, 0.2) is 30.3 Å². The van der Waals surface area contributed by atoms with Gasteiger partial charge in [0, 0.05) is 42.7 Å². The summed E-state index contributed by atoms with van der Waals surface area (Å²) in [7, 11) is 0. The fraction of sp³-hybridized carbons (Fsp3) is 0.381. The van der Waals surface area contributed by atoms with Crippen molar-refractivity contribution in [2.24, 2.45) is 5.92 Å². The zero-order chi connectivity index (χ0) is 19.8. The smallest absolute Gasteiger partial charge is 0.223 e. The van der Waals surface area contributed by atoms with E-state index in [1.165, 1.54) is 0 Å². The van der Waals surface area contributed by atoms with Crippen LogP contribution in [0.3, 0.4) is 0 Å². The van der Waals surface area contributed by atoms with Gasteiger partial charge in [-0.3, -0.25) is 4.79 Å². The van der Waals surface area contributed by atoms with Crippen molar-refractivity contribution in [2.75, 3.05) is 18.0 Å². The highest BCUT2D eigenvalue weighted by Gasteiger charge is 2.29. The van der Waals surface area contributed by atoms with E-state index in [9.17, 15) is 9.18 Å². The van der Waals surface area contributed by atoms with E-state index in [1.807, 2.05) is 18.2 Å². The third-order valence-electron chi connectivity index (χ3n) is 5.47. The van der Waals surface area contributed by atoms with Gasteiger partial charge in [0.2, 0.25) is 5.91 Å². The summed E-state index contributed by atoms with van der Waals surface area (Å²) in [6.07, 6.45) is 2.80. The molecule has 7 heteroatoms. The van der Waals surface area contributed by atoms with Crippen LogP contribution in [0, 0.1) is 11.7 Å². The monoisotopic (exact) mass is 440 g/mol. The molecule has 4 rings (SSSR count). The number of amides is 1. The van der Waals surface area contributed by atoms with Gasteiger partial charge in [-0.25, -0.2) is 4.39 Å². The number of nitrogens with zero attached hydrogens (tertiary/aromatic N) is 1. The summed E-state index contributed by atoms with van der Waals surface area (Å²) in [5.41, 5.74) is 2.38. The summed E-state index contributed by atoms with van der Waals surface area (Å²) < 4.78 is 14.5. The summed E-state index contributed by atoms with van der Waals surface area (Å²) in [5, 5.41) is 4.08. The molecule has 0 unspecified atom stereocenters. The maximum Gasteiger partial charge on any atom is 0.223 e. The minimum Gasteiger partial charge on any atom is -0.371 e. The van der Waals surface area contributed by atoms with E-state index >= 15 is 0 Å². The van der Waals surface area contributed by atoms with Gasteiger partial charge >= 0.3 is 0 Å². The second kappa shape index (κ2) is 8.10. The lowest BCUT2D eigenvalue weighted by atomic mass is 9.98. The quantitative estimate of drug-likeness (QED) is 0.594. The molecular weight excluding hydrogens is 422 g/mol. The van der Waals surface area contributed by atoms with E-state index in [4.69, 9.17) is 34.8 Å². The largest absolute Gasteiger partial charge is 0.371 e. The molecule has 1 heterocycles. The van der Waals surface area contributed by atoms with Gasteiger partial charge in [-0.1, -0.05) is 40.9 Å². The number of hydrogen-bond acceptors (Lipinski definition) is 2. The number of benzene rings is 2. The molecule has 2 aromatic carbocycles. The fourth-order valence-corrected chi connectivity index (χ4v) is 4.24. The van der Waals surface area contributed by atoms with E-state index in [-0.39, 0.29) is 30.1 Å². The Hall–Kier alpha value is -1.49. The van der Waals surface area contributed by atoms with E-state index in [2.05, 4.69) is 10.2 Å². The van der Waals surface area contributed by atoms with Crippen molar-refractivity contribution in [3.63, 3.8) is 0 Å². The van der Waals surface area contributed by atoms with Gasteiger partial charge in [0.1, 0.15) is 5.82 Å². The number of halogens is 4. The standard InChI is InChI=1S/C21H20Cl3FN2O/c22-17-7-15(8-18(23)20(17)24)14-5-6-27(11-14)16-4-3-13(19(25)9-16)10-26-21(28)12-1-2-12/h3-4,7-9,12,14H,1-2,5-6,10-11H2,(H,26,28)/t14-/m0/s1. The van der Waals surface area contributed by atoms with Crippen LogP contribution in [0.2, 0.25) is 15.1 Å². The van der Waals surface area contributed by atoms with Gasteiger partial charge in [0.15, 0.2) is 0 Å². The molecular formula is C21H20Cl3FN2O. The van der Waals surface area contributed by atoms with Crippen molar-refractivity contribution >= 4 is 46.4 Å². The highest BCUT2D eigenvalue weighted by molar-refractivity contribution is 6.48. The minimum atomic E-state index is -0.297. The zero-order valence-corrected chi connectivity index (χ0v) is 17.4. The summed E-state index contributed by atoms with van der Waals surface area (Å²) in [6.45, 7) is 1.80. The van der Waals surface area contributed by atoms with E-state index in [0.29, 0.717) is 20.6 Å². The van der Waals surface area contributed by atoms with Crippen molar-refractivity contribution in [1.29, 1.82) is 0 Å². The zero-order valence-electron chi connectivity index (χ0n) is 15.2. The lowest BCUT2D eigenvalue weighted by molar-refractivity contribution is -0.122. The molecule has 2 aromatic rings. The Labute approximate surface area is 178 Å². The molecule has 1 N–H and O–H groups in total. The van der Waals surface area contributed by atoms with E-state index in [0.717, 1.165) is 43.6 Å². The Balaban J connectivity index is 1.42. The van der Waals surface area contributed by atoms with Crippen molar-refractivity contribution in [1.82, 2.24) is 5.32 Å². The van der Waals surface area contributed by atoms with Crippen molar-refractivity contribution in [3.8, 4) is 0 Å². The molecule has 0 radical (unpaired) electrons. The molecule has 2 fully saturated rings. The minimum absolute atomic E-state index is 0.0196. The van der Waals surface area contributed by atoms with Crippen LogP contribution in [0.1, 0.15) is 36.3 Å². The van der Waals surface area contributed by atoms with Crippen LogP contribution in [0.5, 0.6) is 0 Å². The first-order valence-corrected chi connectivity index (χ1v) is 10.5. The average molecular weight is 442 g/mol. The summed E-state index contributed by atoms with van der Waals surface area (Å²) in [4.78, 5) is 13.9. The molecule has 1 aliphatic heterocycles. The normalized spacial score (nSPS) is 19.1. The lowest BCUT2D eigenvalue weighted by Gasteiger charge is -2.20. The van der Waals surface area contributed by atoms with Gasteiger partial charge in [-0.05, 0) is 49.1 Å². The van der Waals surface area contributed by atoms with Crippen LogP contribution >= 0.6 is 34.8 Å². The Morgan fingerprint density at radius 1 is 1.11 bits per heavy atom. The molecule has 0 spiro atoms. The van der Waals surface area contributed by atoms with Crippen molar-refractivity contribution in [3.05, 3.63) is 62.3 Å². The van der Waals surface area contributed by atoms with Crippen LogP contribution in [0.25, 0.3) is 0 Å². The second-order valence-corrected chi connectivity index (χ2v) is 8.69. The Bertz CT molecular complexity index is 894. The Kier molecular flexibility index (Phi) is 5.73. The molecule has 1 saturated carbocycles. The highest BCUT2D eigenvalue weighted by atomic mass is 35.5. The molecule has 3 nitrogen and oxygen atoms in total. The van der Waals surface area contributed by atoms with Gasteiger partial charge in [0.05, 0.1) is 15.1 Å². The number of nitrogens with one attached hydrogen (secondary N) is 1. The van der Waals surface area contributed by atoms with Crippen molar-refractivity contribution < 1.29 is 9.18 Å². The van der Waals surface area contributed by atoms with Crippen molar-refractivity contribution in [2.45, 2.75) is 31.7 Å². The first kappa shape index (κ1) is 19.8. The molecule has 0 bridgehead atoms. The Morgan fingerprint density at radius 3 is 2.46 bits per heavy atom. The fourth-order valence-electron chi connectivity index (χ4n) is 3.63. The molecule has 0 aromatic heterocycles. The second-order valence-electron chi connectivity index (χ2n) is 7.50. The molecule has 1 saturated heterocycles. The third kappa shape index (κ3) is 4.24. The summed E-state index contributed by atoms with van der Waals surface area (Å²) >= 11 is 18.3. The molecule has 1 amide bonds. The van der Waals surface area contributed by atoms with E-state index in [1.54, 1.807) is 12.1 Å². The molecule has 1 atom stereocenters. The van der Waals surface area contributed by atoms with E-state index < -0.39 is 0 Å². The number of hydrogen-bond donors (Lipinski definition) is 1. The summed E-state index contributed by atoms with van der Waals surface area (Å²) in [6, 6.07) is 8.92. The van der Waals surface area contributed by atoms with Gasteiger partial charge < -0.3 is 10.2 Å². The first-order chi connectivity index (χ1) is 13.4. The molecule has 1 aliphatic carbocycles. The maximum atomic E-state index is 14.5. The lowest BCUT2D eigenvalue weighted by Crippen LogP contribution is -2.25. The van der Waals surface area contributed by atoms with Crippen LogP contribution in [-0.2, 0) is 11.3 Å². The maximum absolute atomic E-state index is 14.5. The van der Waals surface area contributed by atoms with Gasteiger partial charge in [-0.15, -0.1) is 0 Å². The molecule has 28 heavy (non-hydrogen) atoms. The third-order valence-corrected chi connectivity index (χ3v) is 6.67. The predicted molar refractivity (Wildman–Crippen MR) is 112 cm³/mol. The Morgan fingerprint density at radius 2 is 1.82 bits per heavy atom. The topological polar surface area (TPSA) is 32.3 Å². The van der Waals surface area contributed by atoms with Gasteiger partial charge in [0.25, 0.3) is 0 Å². The van der Waals surface area contributed by atoms with Crippen LogP contribution < -0.4 is 10.2 Å². The average Bonchev–Trinajstić information content (AvgIpc) is 3.41. The van der Waals surface area contributed by atoms with Gasteiger partial charge in [-0.2, -0.15) is 0 Å². The number of carbonyl (C=O) groups excluding carboxylic acids is 1. The van der Waals surface area contributed by atoms with Crippen LogP contribution in [0.4, 0.5) is 10.1 Å². The number of anilines is 1. The van der Waals surface area contributed by atoms with Crippen LogP contribution in [-0.4, -0.2) is 19.0 Å². The predicted octanol–water partition coefficient (Wildman–Crippen LogP) is 5.81. The molecule has 2 aliphatic rings. The SMILES string of the molecule is O=C(NCc1ccc(N2CC[C@H](c3cc(Cl)c(Cl)c(Cl)c3)C2)cc1F)C1CC1.